The standard InChI is InChI=1S/C25H26N6O/c1-27-15-22-12-20(23-16-29-30-17-23)5-6-24(22)28-14-18-7-9-31(10-8-18)25(32)21-4-2-3-19(11-21)13-26/h2-6,11-12,15-18,28H,7-10,14H2,1H3,(H,29,30). The van der Waals surface area contributed by atoms with E-state index in [1.165, 1.54) is 0 Å². The smallest absolute Gasteiger partial charge is 0.253 e. The molecule has 7 nitrogen and oxygen atoms in total. The molecule has 1 amide bonds. The first kappa shape index (κ1) is 21.3. The fourth-order valence-corrected chi connectivity index (χ4v) is 4.06. The Hall–Kier alpha value is -3.92. The van der Waals surface area contributed by atoms with Crippen molar-refractivity contribution >= 4 is 17.8 Å². The molecule has 3 aromatic rings. The van der Waals surface area contributed by atoms with Crippen molar-refractivity contribution in [1.82, 2.24) is 15.1 Å². The molecule has 0 unspecified atom stereocenters. The third-order valence-corrected chi connectivity index (χ3v) is 5.87. The lowest BCUT2D eigenvalue weighted by molar-refractivity contribution is 0.0695. The topological polar surface area (TPSA) is 97.2 Å². The first-order valence-electron chi connectivity index (χ1n) is 10.8. The van der Waals surface area contributed by atoms with Gasteiger partial charge in [0.05, 0.1) is 17.8 Å². The van der Waals surface area contributed by atoms with Crippen LogP contribution in [-0.2, 0) is 0 Å². The second kappa shape index (κ2) is 9.92. The Morgan fingerprint density at radius 1 is 1.28 bits per heavy atom. The SMILES string of the molecule is CN=Cc1cc(-c2cn[nH]c2)ccc1NCC1CCN(C(=O)c2cccc(C#N)c2)CC1. The fourth-order valence-electron chi connectivity index (χ4n) is 4.06. The predicted molar refractivity (Wildman–Crippen MR) is 126 cm³/mol. The first-order chi connectivity index (χ1) is 15.7. The minimum absolute atomic E-state index is 0.00443. The molecule has 1 aromatic heterocycles. The zero-order chi connectivity index (χ0) is 22.3. The highest BCUT2D eigenvalue weighted by atomic mass is 16.2. The maximum absolute atomic E-state index is 12.8. The number of aliphatic imine (C=N–C) groups is 1. The fraction of sp³-hybridized carbons (Fsp3) is 0.280. The molecule has 0 aliphatic carbocycles. The number of rotatable bonds is 6. The van der Waals surface area contributed by atoms with E-state index in [2.05, 4.69) is 44.8 Å². The highest BCUT2D eigenvalue weighted by Gasteiger charge is 2.24. The molecule has 0 spiro atoms. The van der Waals surface area contributed by atoms with E-state index in [0.717, 1.165) is 54.9 Å². The van der Waals surface area contributed by atoms with Crippen molar-refractivity contribution in [3.63, 3.8) is 0 Å². The summed E-state index contributed by atoms with van der Waals surface area (Å²) < 4.78 is 0. The number of nitrogens with zero attached hydrogens (tertiary/aromatic N) is 4. The van der Waals surface area contributed by atoms with Crippen LogP contribution in [0.25, 0.3) is 11.1 Å². The summed E-state index contributed by atoms with van der Waals surface area (Å²) in [5.41, 5.74) is 5.32. The minimum Gasteiger partial charge on any atom is -0.384 e. The van der Waals surface area contributed by atoms with Gasteiger partial charge in [0.1, 0.15) is 0 Å². The Balaban J connectivity index is 1.35. The van der Waals surface area contributed by atoms with Gasteiger partial charge in [0.25, 0.3) is 5.91 Å². The Bertz CT molecular complexity index is 1140. The number of hydrogen-bond acceptors (Lipinski definition) is 5. The van der Waals surface area contributed by atoms with Crippen LogP contribution in [0.5, 0.6) is 0 Å². The van der Waals surface area contributed by atoms with Crippen LogP contribution in [0.2, 0.25) is 0 Å². The van der Waals surface area contributed by atoms with Gasteiger partial charge in [-0.2, -0.15) is 10.4 Å². The molecule has 2 N–H and O–H groups in total. The third kappa shape index (κ3) is 4.86. The van der Waals surface area contributed by atoms with E-state index >= 15 is 0 Å². The number of aromatic amines is 1. The molecule has 4 rings (SSSR count). The average molecular weight is 427 g/mol. The molecule has 1 fully saturated rings. The maximum atomic E-state index is 12.8. The molecule has 32 heavy (non-hydrogen) atoms. The number of anilines is 1. The van der Waals surface area contributed by atoms with E-state index in [-0.39, 0.29) is 5.91 Å². The van der Waals surface area contributed by atoms with Crippen molar-refractivity contribution in [2.24, 2.45) is 10.9 Å². The molecule has 1 saturated heterocycles. The zero-order valence-electron chi connectivity index (χ0n) is 18.1. The number of H-pyrrole nitrogens is 1. The maximum Gasteiger partial charge on any atom is 0.253 e. The number of benzene rings is 2. The number of carbonyl (C=O) groups excluding carboxylic acids is 1. The van der Waals surface area contributed by atoms with Gasteiger partial charge in [-0.05, 0) is 54.7 Å². The molecule has 0 atom stereocenters. The molecule has 2 heterocycles. The molecule has 0 bridgehead atoms. The van der Waals surface area contributed by atoms with Gasteiger partial charge in [0.15, 0.2) is 0 Å². The zero-order valence-corrected chi connectivity index (χ0v) is 18.1. The van der Waals surface area contributed by atoms with E-state index in [1.807, 2.05) is 17.3 Å². The van der Waals surface area contributed by atoms with E-state index < -0.39 is 0 Å². The number of hydrogen-bond donors (Lipinski definition) is 2. The molecule has 2 aromatic carbocycles. The molecule has 7 heteroatoms. The van der Waals surface area contributed by atoms with Gasteiger partial charge < -0.3 is 10.2 Å². The van der Waals surface area contributed by atoms with Crippen molar-refractivity contribution in [3.05, 3.63) is 71.5 Å². The summed E-state index contributed by atoms with van der Waals surface area (Å²) in [7, 11) is 1.77. The van der Waals surface area contributed by atoms with E-state index in [9.17, 15) is 4.79 Å². The van der Waals surface area contributed by atoms with Crippen LogP contribution in [-0.4, -0.2) is 53.9 Å². The number of carbonyl (C=O) groups is 1. The summed E-state index contributed by atoms with van der Waals surface area (Å²) in [5.74, 6) is 0.495. The van der Waals surface area contributed by atoms with Gasteiger partial charge in [-0.3, -0.25) is 14.9 Å². The van der Waals surface area contributed by atoms with Crippen molar-refractivity contribution in [2.75, 3.05) is 32.0 Å². The summed E-state index contributed by atoms with van der Waals surface area (Å²) in [6.07, 6.45) is 7.44. The summed E-state index contributed by atoms with van der Waals surface area (Å²) in [4.78, 5) is 18.9. The van der Waals surface area contributed by atoms with Crippen molar-refractivity contribution in [1.29, 1.82) is 5.26 Å². The van der Waals surface area contributed by atoms with Crippen LogP contribution in [0, 0.1) is 17.2 Å². The highest BCUT2D eigenvalue weighted by molar-refractivity contribution is 5.94. The molecule has 1 aliphatic heterocycles. The van der Waals surface area contributed by atoms with E-state index in [4.69, 9.17) is 5.26 Å². The summed E-state index contributed by atoms with van der Waals surface area (Å²) in [5, 5.41) is 19.5. The molecule has 162 valence electrons. The highest BCUT2D eigenvalue weighted by Crippen LogP contribution is 2.25. The summed E-state index contributed by atoms with van der Waals surface area (Å²) >= 11 is 0. The lowest BCUT2D eigenvalue weighted by atomic mass is 9.95. The van der Waals surface area contributed by atoms with E-state index in [0.29, 0.717) is 17.0 Å². The Morgan fingerprint density at radius 3 is 2.84 bits per heavy atom. The monoisotopic (exact) mass is 426 g/mol. The Labute approximate surface area is 187 Å². The van der Waals surface area contributed by atoms with Gasteiger partial charge in [-0.1, -0.05) is 12.1 Å². The number of amides is 1. The van der Waals surface area contributed by atoms with Gasteiger partial charge in [-0.15, -0.1) is 0 Å². The summed E-state index contributed by atoms with van der Waals surface area (Å²) in [6, 6.07) is 15.3. The van der Waals surface area contributed by atoms with Gasteiger partial charge >= 0.3 is 0 Å². The summed E-state index contributed by atoms with van der Waals surface area (Å²) in [6.45, 7) is 2.30. The quantitative estimate of drug-likeness (QED) is 0.583. The number of likely N-dealkylation sites (tertiary alicyclic amines) is 1. The van der Waals surface area contributed by atoms with Crippen LogP contribution < -0.4 is 5.32 Å². The molecular formula is C25H26N6O. The van der Waals surface area contributed by atoms with Crippen LogP contribution in [0.4, 0.5) is 5.69 Å². The number of piperidine rings is 1. The van der Waals surface area contributed by atoms with Crippen molar-refractivity contribution < 1.29 is 4.79 Å². The second-order valence-corrected chi connectivity index (χ2v) is 7.99. The molecule has 0 saturated carbocycles. The molecular weight excluding hydrogens is 400 g/mol. The van der Waals surface area contributed by atoms with Gasteiger partial charge in [0, 0.05) is 61.5 Å². The lowest BCUT2D eigenvalue weighted by Gasteiger charge is -2.32. The van der Waals surface area contributed by atoms with Crippen LogP contribution in [0.3, 0.4) is 0 Å². The van der Waals surface area contributed by atoms with Gasteiger partial charge in [0.2, 0.25) is 0 Å². The normalized spacial score (nSPS) is 14.4. The predicted octanol–water partition coefficient (Wildman–Crippen LogP) is 3.96. The third-order valence-electron chi connectivity index (χ3n) is 5.87. The van der Waals surface area contributed by atoms with Gasteiger partial charge in [-0.25, -0.2) is 0 Å². The first-order valence-corrected chi connectivity index (χ1v) is 10.8. The Kier molecular flexibility index (Phi) is 6.61. The second-order valence-electron chi connectivity index (χ2n) is 7.99. The molecule has 0 radical (unpaired) electrons. The van der Waals surface area contributed by atoms with Crippen molar-refractivity contribution in [3.8, 4) is 17.2 Å². The lowest BCUT2D eigenvalue weighted by Crippen LogP contribution is -2.40. The van der Waals surface area contributed by atoms with Crippen LogP contribution in [0.15, 0.2) is 59.9 Å². The number of nitrogens with one attached hydrogen (secondary N) is 2. The molecule has 1 aliphatic rings. The van der Waals surface area contributed by atoms with Crippen LogP contribution in [0.1, 0.15) is 34.3 Å². The van der Waals surface area contributed by atoms with E-state index in [1.54, 1.807) is 37.5 Å². The minimum atomic E-state index is 0.00443. The average Bonchev–Trinajstić information content (AvgIpc) is 3.38. The van der Waals surface area contributed by atoms with Crippen molar-refractivity contribution in [2.45, 2.75) is 12.8 Å². The largest absolute Gasteiger partial charge is 0.384 e. The number of nitriles is 1. The number of aromatic nitrogens is 2. The Morgan fingerprint density at radius 2 is 2.12 bits per heavy atom. The van der Waals surface area contributed by atoms with Crippen LogP contribution >= 0.6 is 0 Å².